The summed E-state index contributed by atoms with van der Waals surface area (Å²) in [6.07, 6.45) is 1.36. The van der Waals surface area contributed by atoms with E-state index in [4.69, 9.17) is 4.42 Å². The first-order chi connectivity index (χ1) is 15.3. The Balaban J connectivity index is 1.45. The lowest BCUT2D eigenvalue weighted by atomic mass is 10.2. The van der Waals surface area contributed by atoms with Crippen LogP contribution >= 0.6 is 11.8 Å². The molecule has 1 fully saturated rings. The van der Waals surface area contributed by atoms with Crippen LogP contribution in [0.15, 0.2) is 63.9 Å². The number of anilines is 1. The lowest BCUT2D eigenvalue weighted by Gasteiger charge is -2.12. The van der Waals surface area contributed by atoms with Gasteiger partial charge in [0.25, 0.3) is 11.1 Å². The van der Waals surface area contributed by atoms with Gasteiger partial charge in [-0.05, 0) is 60.3 Å². The van der Waals surface area contributed by atoms with Gasteiger partial charge in [-0.15, -0.1) is 0 Å². The summed E-state index contributed by atoms with van der Waals surface area (Å²) in [6.45, 7) is -0.641. The van der Waals surface area contributed by atoms with E-state index in [0.717, 1.165) is 12.1 Å². The number of hydrogen-bond donors (Lipinski definition) is 1. The highest BCUT2D eigenvalue weighted by molar-refractivity contribution is 8.18. The Morgan fingerprint density at radius 2 is 1.72 bits per heavy atom. The fraction of sp³-hybridized carbons (Fsp3) is 0.0455. The number of thioether (sulfide) groups is 1. The minimum absolute atomic E-state index is 0.0377. The standard InChI is InChI=1S/C22H13F3N2O4S/c23-13-3-1-12(2-4-13)18-8-6-15(31-18)10-19-21(29)27(22(30)32-19)11-20(28)26-17-7-5-14(24)9-16(17)25/h1-10H,11H2,(H,26,28)/b19-10-. The first kappa shape index (κ1) is 21.4. The van der Waals surface area contributed by atoms with Gasteiger partial charge in [0.15, 0.2) is 0 Å². The molecule has 3 amide bonds. The van der Waals surface area contributed by atoms with Crippen molar-refractivity contribution in [2.75, 3.05) is 11.9 Å². The van der Waals surface area contributed by atoms with Crippen LogP contribution in [0.5, 0.6) is 0 Å². The smallest absolute Gasteiger partial charge is 0.294 e. The van der Waals surface area contributed by atoms with E-state index >= 15 is 0 Å². The lowest BCUT2D eigenvalue weighted by Crippen LogP contribution is -2.36. The molecule has 6 nitrogen and oxygen atoms in total. The highest BCUT2D eigenvalue weighted by Gasteiger charge is 2.36. The number of imide groups is 1. The number of nitrogens with zero attached hydrogens (tertiary/aromatic N) is 1. The number of nitrogens with one attached hydrogen (secondary N) is 1. The molecule has 0 aliphatic carbocycles. The monoisotopic (exact) mass is 458 g/mol. The van der Waals surface area contributed by atoms with E-state index in [1.165, 1.54) is 30.3 Å². The number of amides is 3. The summed E-state index contributed by atoms with van der Waals surface area (Å²) in [5.74, 6) is -2.99. The molecule has 4 rings (SSSR count). The molecule has 1 aliphatic heterocycles. The number of carbonyl (C=O) groups is 3. The fourth-order valence-electron chi connectivity index (χ4n) is 2.89. The summed E-state index contributed by atoms with van der Waals surface area (Å²) in [6, 6.07) is 11.4. The van der Waals surface area contributed by atoms with Gasteiger partial charge in [0.05, 0.1) is 10.6 Å². The van der Waals surface area contributed by atoms with Crippen molar-refractivity contribution >= 4 is 40.6 Å². The van der Waals surface area contributed by atoms with Gasteiger partial charge in [0.1, 0.15) is 35.5 Å². The van der Waals surface area contributed by atoms with E-state index in [1.54, 1.807) is 12.1 Å². The summed E-state index contributed by atoms with van der Waals surface area (Å²) in [4.78, 5) is 37.7. The van der Waals surface area contributed by atoms with Crippen LogP contribution in [0.1, 0.15) is 5.76 Å². The van der Waals surface area contributed by atoms with E-state index in [0.29, 0.717) is 34.1 Å². The van der Waals surface area contributed by atoms with Crippen LogP contribution in [0.2, 0.25) is 0 Å². The molecule has 2 heterocycles. The quantitative estimate of drug-likeness (QED) is 0.542. The summed E-state index contributed by atoms with van der Waals surface area (Å²) in [7, 11) is 0. The molecule has 1 N–H and O–H groups in total. The molecule has 162 valence electrons. The predicted octanol–water partition coefficient (Wildman–Crippen LogP) is 5.04. The van der Waals surface area contributed by atoms with Crippen molar-refractivity contribution in [3.8, 4) is 11.3 Å². The normalized spacial score (nSPS) is 15.0. The SMILES string of the molecule is O=C(CN1C(=O)S/C(=C\c2ccc(-c3ccc(F)cc3)o2)C1=O)Nc1ccc(F)cc1F. The molecule has 0 bridgehead atoms. The Hall–Kier alpha value is -3.79. The maximum absolute atomic E-state index is 13.7. The molecule has 1 aromatic heterocycles. The second-order valence-corrected chi connectivity index (χ2v) is 7.64. The van der Waals surface area contributed by atoms with Gasteiger partial charge in [-0.25, -0.2) is 13.2 Å². The molecule has 3 aromatic rings. The van der Waals surface area contributed by atoms with E-state index < -0.39 is 35.2 Å². The molecular weight excluding hydrogens is 445 g/mol. The molecule has 1 aliphatic rings. The van der Waals surface area contributed by atoms with Crippen LogP contribution in [-0.2, 0) is 9.59 Å². The predicted molar refractivity (Wildman–Crippen MR) is 112 cm³/mol. The van der Waals surface area contributed by atoms with Crippen molar-refractivity contribution < 1.29 is 32.0 Å². The van der Waals surface area contributed by atoms with Gasteiger partial charge in [0.2, 0.25) is 5.91 Å². The third-order valence-corrected chi connectivity index (χ3v) is 5.32. The molecule has 10 heteroatoms. The first-order valence-electron chi connectivity index (χ1n) is 9.16. The second-order valence-electron chi connectivity index (χ2n) is 6.65. The van der Waals surface area contributed by atoms with Crippen LogP contribution in [0.25, 0.3) is 17.4 Å². The zero-order valence-corrected chi connectivity index (χ0v) is 16.9. The second kappa shape index (κ2) is 8.75. The minimum Gasteiger partial charge on any atom is -0.457 e. The van der Waals surface area contributed by atoms with E-state index in [9.17, 15) is 27.6 Å². The maximum Gasteiger partial charge on any atom is 0.294 e. The Bertz CT molecular complexity index is 1250. The number of rotatable bonds is 5. The van der Waals surface area contributed by atoms with E-state index in [-0.39, 0.29) is 22.2 Å². The topological polar surface area (TPSA) is 79.6 Å². The largest absolute Gasteiger partial charge is 0.457 e. The number of furan rings is 1. The van der Waals surface area contributed by atoms with Crippen molar-refractivity contribution in [3.63, 3.8) is 0 Å². The summed E-state index contributed by atoms with van der Waals surface area (Å²) < 4.78 is 45.3. The summed E-state index contributed by atoms with van der Waals surface area (Å²) >= 11 is 0.622. The van der Waals surface area contributed by atoms with Gasteiger partial charge in [-0.3, -0.25) is 19.3 Å². The van der Waals surface area contributed by atoms with Crippen molar-refractivity contribution in [2.45, 2.75) is 0 Å². The average Bonchev–Trinajstić information content (AvgIpc) is 3.31. The molecule has 0 saturated carbocycles. The lowest BCUT2D eigenvalue weighted by molar-refractivity contribution is -0.127. The Morgan fingerprint density at radius 1 is 1.00 bits per heavy atom. The zero-order valence-electron chi connectivity index (χ0n) is 16.1. The number of hydrogen-bond acceptors (Lipinski definition) is 5. The Morgan fingerprint density at radius 3 is 2.44 bits per heavy atom. The van der Waals surface area contributed by atoms with Gasteiger partial charge in [-0.1, -0.05) is 0 Å². The van der Waals surface area contributed by atoms with Crippen LogP contribution in [0.4, 0.5) is 23.7 Å². The maximum atomic E-state index is 13.7. The fourth-order valence-corrected chi connectivity index (χ4v) is 3.71. The molecule has 0 radical (unpaired) electrons. The van der Waals surface area contributed by atoms with Crippen molar-refractivity contribution in [1.29, 1.82) is 0 Å². The van der Waals surface area contributed by atoms with Crippen LogP contribution in [0, 0.1) is 17.5 Å². The number of benzene rings is 2. The van der Waals surface area contributed by atoms with Crippen LogP contribution in [-0.4, -0.2) is 28.5 Å². The molecule has 0 atom stereocenters. The third-order valence-electron chi connectivity index (χ3n) is 4.41. The molecule has 2 aromatic carbocycles. The molecule has 0 unspecified atom stereocenters. The average molecular weight is 458 g/mol. The van der Waals surface area contributed by atoms with Crippen molar-refractivity contribution in [3.05, 3.63) is 82.7 Å². The van der Waals surface area contributed by atoms with E-state index in [2.05, 4.69) is 5.32 Å². The highest BCUT2D eigenvalue weighted by atomic mass is 32.2. The summed E-state index contributed by atoms with van der Waals surface area (Å²) in [5, 5.41) is 1.52. The van der Waals surface area contributed by atoms with Gasteiger partial charge in [-0.2, -0.15) is 0 Å². The number of carbonyl (C=O) groups excluding carboxylic acids is 3. The zero-order chi connectivity index (χ0) is 22.8. The van der Waals surface area contributed by atoms with E-state index in [1.807, 2.05) is 0 Å². The van der Waals surface area contributed by atoms with Crippen LogP contribution < -0.4 is 5.32 Å². The van der Waals surface area contributed by atoms with Gasteiger partial charge >= 0.3 is 0 Å². The highest BCUT2D eigenvalue weighted by Crippen LogP contribution is 2.33. The first-order valence-corrected chi connectivity index (χ1v) is 9.98. The molecule has 0 spiro atoms. The van der Waals surface area contributed by atoms with Crippen molar-refractivity contribution in [2.24, 2.45) is 0 Å². The number of halogens is 3. The summed E-state index contributed by atoms with van der Waals surface area (Å²) in [5.41, 5.74) is 0.353. The Kier molecular flexibility index (Phi) is 5.87. The molecule has 1 saturated heterocycles. The van der Waals surface area contributed by atoms with Crippen molar-refractivity contribution in [1.82, 2.24) is 4.90 Å². The minimum atomic E-state index is -0.984. The molecular formula is C22H13F3N2O4S. The Labute approximate surface area is 183 Å². The third kappa shape index (κ3) is 4.59. The van der Waals surface area contributed by atoms with Crippen LogP contribution in [0.3, 0.4) is 0 Å². The van der Waals surface area contributed by atoms with Gasteiger partial charge in [0, 0.05) is 17.7 Å². The molecule has 32 heavy (non-hydrogen) atoms. The van der Waals surface area contributed by atoms with Gasteiger partial charge < -0.3 is 9.73 Å².